The molecule has 2 aliphatic carbocycles. The van der Waals surface area contributed by atoms with Crippen LogP contribution in [0.5, 0.6) is 0 Å². The van der Waals surface area contributed by atoms with E-state index in [1.165, 1.54) is 44.9 Å². The Hall–Kier alpha value is -0.830. The summed E-state index contributed by atoms with van der Waals surface area (Å²) in [5.74, 6) is 3.08. The van der Waals surface area contributed by atoms with Crippen molar-refractivity contribution >= 4 is 17.2 Å². The lowest BCUT2D eigenvalue weighted by atomic mass is 9.67. The number of hydrogen-bond donors (Lipinski definition) is 1. The first-order valence-corrected chi connectivity index (χ1v) is 9.42. The van der Waals surface area contributed by atoms with Crippen LogP contribution in [0.2, 0.25) is 0 Å². The normalized spacial score (nSPS) is 28.3. The Balaban J connectivity index is 1.37. The summed E-state index contributed by atoms with van der Waals surface area (Å²) in [5, 5.41) is 5.08. The molecule has 0 saturated heterocycles. The number of carbonyl (C=O) groups excluding carboxylic acids is 1. The number of fused-ring (bicyclic) bond motifs is 2. The third kappa shape index (κ3) is 3.88. The maximum atomic E-state index is 12.0. The Morgan fingerprint density at radius 2 is 2.05 bits per heavy atom. The lowest BCUT2D eigenvalue weighted by Gasteiger charge is -2.39. The summed E-state index contributed by atoms with van der Waals surface area (Å²) >= 11 is 1.54. The van der Waals surface area contributed by atoms with Crippen molar-refractivity contribution in [1.29, 1.82) is 0 Å². The van der Waals surface area contributed by atoms with Crippen LogP contribution in [0.4, 0.5) is 0 Å². The quantitative estimate of drug-likeness (QED) is 0.779. The summed E-state index contributed by atoms with van der Waals surface area (Å²) in [4.78, 5) is 12.9. The number of thiophene rings is 1. The van der Waals surface area contributed by atoms with Gasteiger partial charge in [0.2, 0.25) is 0 Å². The number of aryl methyl sites for hydroxylation is 1. The summed E-state index contributed by atoms with van der Waals surface area (Å²) in [7, 11) is 0. The van der Waals surface area contributed by atoms with Crippen molar-refractivity contribution in [2.24, 2.45) is 17.8 Å². The SMILES string of the molecule is Cc1ccsc1C(=O)NCCCC1CC2CCCC(C1)C2. The van der Waals surface area contributed by atoms with E-state index >= 15 is 0 Å². The zero-order valence-corrected chi connectivity index (χ0v) is 13.9. The van der Waals surface area contributed by atoms with Crippen molar-refractivity contribution in [3.8, 4) is 0 Å². The molecule has 0 spiro atoms. The maximum Gasteiger partial charge on any atom is 0.261 e. The van der Waals surface area contributed by atoms with E-state index in [0.717, 1.165) is 41.2 Å². The highest BCUT2D eigenvalue weighted by atomic mass is 32.1. The van der Waals surface area contributed by atoms with Gasteiger partial charge in [-0.15, -0.1) is 11.3 Å². The van der Waals surface area contributed by atoms with Crippen molar-refractivity contribution in [2.45, 2.75) is 58.3 Å². The van der Waals surface area contributed by atoms with Gasteiger partial charge in [-0.1, -0.05) is 19.3 Å². The third-order valence-electron chi connectivity index (χ3n) is 5.37. The Kier molecular flexibility index (Phi) is 4.99. The molecule has 2 aliphatic rings. The smallest absolute Gasteiger partial charge is 0.261 e. The Morgan fingerprint density at radius 3 is 2.71 bits per heavy atom. The van der Waals surface area contributed by atoms with Crippen LogP contribution < -0.4 is 5.32 Å². The summed E-state index contributed by atoms with van der Waals surface area (Å²) in [6.07, 6.45) is 11.3. The van der Waals surface area contributed by atoms with Gasteiger partial charge in [-0.2, -0.15) is 0 Å². The van der Waals surface area contributed by atoms with Crippen LogP contribution in [0.25, 0.3) is 0 Å². The molecular weight excluding hydrogens is 278 g/mol. The van der Waals surface area contributed by atoms with Gasteiger partial charge >= 0.3 is 0 Å². The molecule has 2 fully saturated rings. The molecule has 116 valence electrons. The van der Waals surface area contributed by atoms with Crippen molar-refractivity contribution in [3.05, 3.63) is 21.9 Å². The number of carbonyl (C=O) groups is 1. The molecule has 1 aromatic rings. The van der Waals surface area contributed by atoms with Gasteiger partial charge in [-0.05, 0) is 73.8 Å². The summed E-state index contributed by atoms with van der Waals surface area (Å²) < 4.78 is 0. The summed E-state index contributed by atoms with van der Waals surface area (Å²) in [5.41, 5.74) is 1.10. The van der Waals surface area contributed by atoms with Gasteiger partial charge in [0.1, 0.15) is 0 Å². The standard InChI is InChI=1S/C18H27NOS/c1-13-7-9-21-17(13)18(20)19-8-3-6-16-11-14-4-2-5-15(10-14)12-16/h7,9,14-16H,2-6,8,10-12H2,1H3,(H,19,20). The Morgan fingerprint density at radius 1 is 1.29 bits per heavy atom. The van der Waals surface area contributed by atoms with Crippen LogP contribution in [0.1, 0.15) is 66.6 Å². The Bertz CT molecular complexity index is 469. The number of rotatable bonds is 5. The van der Waals surface area contributed by atoms with Crippen LogP contribution in [-0.4, -0.2) is 12.5 Å². The molecule has 2 nitrogen and oxygen atoms in total. The molecule has 0 aliphatic heterocycles. The lowest BCUT2D eigenvalue weighted by molar-refractivity contribution is 0.0952. The van der Waals surface area contributed by atoms with E-state index in [2.05, 4.69) is 5.32 Å². The molecule has 2 atom stereocenters. The van der Waals surface area contributed by atoms with Gasteiger partial charge in [0.15, 0.2) is 0 Å². The first kappa shape index (κ1) is 15.1. The van der Waals surface area contributed by atoms with E-state index in [9.17, 15) is 4.79 Å². The molecule has 1 heterocycles. The molecule has 0 radical (unpaired) electrons. The second-order valence-corrected chi connectivity index (χ2v) is 7.98. The molecule has 3 heteroatoms. The van der Waals surface area contributed by atoms with Gasteiger partial charge in [-0.25, -0.2) is 0 Å². The maximum absolute atomic E-state index is 12.0. The lowest BCUT2D eigenvalue weighted by Crippen LogP contribution is -2.28. The molecular formula is C18H27NOS. The zero-order valence-electron chi connectivity index (χ0n) is 13.1. The highest BCUT2D eigenvalue weighted by Crippen LogP contribution is 2.43. The van der Waals surface area contributed by atoms with Gasteiger partial charge in [0.05, 0.1) is 4.88 Å². The minimum Gasteiger partial charge on any atom is -0.351 e. The van der Waals surface area contributed by atoms with Gasteiger partial charge in [0, 0.05) is 6.54 Å². The monoisotopic (exact) mass is 305 g/mol. The molecule has 0 aromatic carbocycles. The summed E-state index contributed by atoms with van der Waals surface area (Å²) in [6, 6.07) is 2.01. The highest BCUT2D eigenvalue weighted by molar-refractivity contribution is 7.12. The van der Waals surface area contributed by atoms with E-state index in [1.807, 2.05) is 18.4 Å². The van der Waals surface area contributed by atoms with Gasteiger partial charge in [0.25, 0.3) is 5.91 Å². The third-order valence-corrected chi connectivity index (χ3v) is 6.38. The van der Waals surface area contributed by atoms with Crippen LogP contribution in [0, 0.1) is 24.7 Å². The molecule has 1 aromatic heterocycles. The van der Waals surface area contributed by atoms with E-state index < -0.39 is 0 Å². The average Bonchev–Trinajstić information content (AvgIpc) is 2.89. The number of hydrogen-bond acceptors (Lipinski definition) is 2. The largest absolute Gasteiger partial charge is 0.351 e. The van der Waals surface area contributed by atoms with Crippen LogP contribution >= 0.6 is 11.3 Å². The van der Waals surface area contributed by atoms with Crippen molar-refractivity contribution in [1.82, 2.24) is 5.32 Å². The van der Waals surface area contributed by atoms with Crippen molar-refractivity contribution in [3.63, 3.8) is 0 Å². The van der Waals surface area contributed by atoms with Crippen LogP contribution in [0.3, 0.4) is 0 Å². The Labute approximate surface area is 132 Å². The predicted molar refractivity (Wildman–Crippen MR) is 88.8 cm³/mol. The highest BCUT2D eigenvalue weighted by Gasteiger charge is 2.31. The molecule has 2 saturated carbocycles. The van der Waals surface area contributed by atoms with Crippen LogP contribution in [0.15, 0.2) is 11.4 Å². The fourth-order valence-corrected chi connectivity index (χ4v) is 5.22. The minimum atomic E-state index is 0.114. The van der Waals surface area contributed by atoms with E-state index in [0.29, 0.717) is 0 Å². The number of amides is 1. The molecule has 2 unspecified atom stereocenters. The summed E-state index contributed by atoms with van der Waals surface area (Å²) in [6.45, 7) is 2.84. The first-order valence-electron chi connectivity index (χ1n) is 8.54. The molecule has 3 rings (SSSR count). The van der Waals surface area contributed by atoms with Crippen LogP contribution in [-0.2, 0) is 0 Å². The fraction of sp³-hybridized carbons (Fsp3) is 0.722. The predicted octanol–water partition coefficient (Wildman–Crippen LogP) is 4.78. The second kappa shape index (κ2) is 6.95. The fourth-order valence-electron chi connectivity index (χ4n) is 4.38. The van der Waals surface area contributed by atoms with E-state index in [1.54, 1.807) is 11.3 Å². The minimum absolute atomic E-state index is 0.114. The van der Waals surface area contributed by atoms with Crippen molar-refractivity contribution in [2.75, 3.05) is 6.54 Å². The molecule has 1 amide bonds. The van der Waals surface area contributed by atoms with Crippen molar-refractivity contribution < 1.29 is 4.79 Å². The zero-order chi connectivity index (χ0) is 14.7. The van der Waals surface area contributed by atoms with E-state index in [-0.39, 0.29) is 5.91 Å². The van der Waals surface area contributed by atoms with Gasteiger partial charge < -0.3 is 5.32 Å². The molecule has 2 bridgehead atoms. The van der Waals surface area contributed by atoms with Gasteiger partial charge in [-0.3, -0.25) is 4.79 Å². The molecule has 21 heavy (non-hydrogen) atoms. The average molecular weight is 305 g/mol. The topological polar surface area (TPSA) is 29.1 Å². The number of nitrogens with one attached hydrogen (secondary N) is 1. The first-order chi connectivity index (χ1) is 10.2. The second-order valence-electron chi connectivity index (χ2n) is 7.07. The van der Waals surface area contributed by atoms with E-state index in [4.69, 9.17) is 0 Å². The molecule has 1 N–H and O–H groups in total.